The van der Waals surface area contributed by atoms with Crippen LogP contribution >= 0.6 is 0 Å². The molecule has 4 nitrogen and oxygen atoms in total. The van der Waals surface area contributed by atoms with Crippen molar-refractivity contribution in [2.75, 3.05) is 0 Å². The molecule has 0 fully saturated rings. The van der Waals surface area contributed by atoms with E-state index in [0.717, 1.165) is 0 Å². The Balaban J connectivity index is 2.85. The van der Waals surface area contributed by atoms with Gasteiger partial charge >= 0.3 is 44.5 Å². The van der Waals surface area contributed by atoms with Gasteiger partial charge in [-0.05, 0) is 0 Å². The Kier molecular flexibility index (Phi) is 2.44. The van der Waals surface area contributed by atoms with Gasteiger partial charge < -0.3 is 0 Å². The predicted octanol–water partition coefficient (Wildman–Crippen LogP) is -0.344. The third kappa shape index (κ3) is 4.14. The molecule has 0 unspecified atom stereocenters. The van der Waals surface area contributed by atoms with Crippen molar-refractivity contribution in [3.63, 3.8) is 0 Å². The molecule has 0 aromatic carbocycles. The van der Waals surface area contributed by atoms with E-state index in [2.05, 4.69) is 2.75 Å². The average Bonchev–Trinajstić information content (AvgIpc) is 1.38. The Hall–Kier alpha value is 0.135. The molecule has 0 atom stereocenters. The third-order valence-electron chi connectivity index (χ3n) is 0.105. The molecular formula is HgNO3. The summed E-state index contributed by atoms with van der Waals surface area (Å²) in [6.07, 6.45) is 0. The van der Waals surface area contributed by atoms with Crippen LogP contribution in [0.4, 0.5) is 0 Å². The van der Waals surface area contributed by atoms with Crippen molar-refractivity contribution in [1.29, 1.82) is 0 Å². The van der Waals surface area contributed by atoms with Crippen LogP contribution < -0.4 is 0 Å². The fourth-order valence-corrected chi connectivity index (χ4v) is 0. The van der Waals surface area contributed by atoms with Crippen molar-refractivity contribution in [2.45, 2.75) is 0 Å². The summed E-state index contributed by atoms with van der Waals surface area (Å²) in [7, 11) is 0. The van der Waals surface area contributed by atoms with E-state index in [4.69, 9.17) is 10.1 Å². The van der Waals surface area contributed by atoms with Crippen LogP contribution in [-0.2, 0) is 29.3 Å². The molecule has 0 aromatic rings. The van der Waals surface area contributed by atoms with E-state index in [1.54, 1.807) is 0 Å². The summed E-state index contributed by atoms with van der Waals surface area (Å²) in [6, 6.07) is 0. The van der Waals surface area contributed by atoms with E-state index in [1.807, 2.05) is 0 Å². The van der Waals surface area contributed by atoms with Gasteiger partial charge in [0.25, 0.3) is 0 Å². The fraction of sp³-hybridized carbons (Fsp3) is 0. The number of rotatable bonds is 1. The van der Waals surface area contributed by atoms with Crippen LogP contribution in [0, 0.1) is 10.1 Å². The average molecular weight is 263 g/mol. The van der Waals surface area contributed by atoms with E-state index in [9.17, 15) is 0 Å². The molecule has 0 aliphatic rings. The van der Waals surface area contributed by atoms with Crippen molar-refractivity contribution in [1.82, 2.24) is 0 Å². The molecule has 0 radical (unpaired) electrons. The fourth-order valence-electron chi connectivity index (χ4n) is 0. The first kappa shape index (κ1) is 5.14. The van der Waals surface area contributed by atoms with Crippen molar-refractivity contribution in [2.24, 2.45) is 0 Å². The molecule has 0 amide bonds. The summed E-state index contributed by atoms with van der Waals surface area (Å²) >= 11 is -0.156. The quantitative estimate of drug-likeness (QED) is 0.369. The van der Waals surface area contributed by atoms with Crippen molar-refractivity contribution in [3.05, 3.63) is 10.1 Å². The Morgan fingerprint density at radius 2 is 2.20 bits per heavy atom. The molecule has 0 spiro atoms. The zero-order valence-electron chi connectivity index (χ0n) is 2.38. The van der Waals surface area contributed by atoms with Gasteiger partial charge in [0.1, 0.15) is 0 Å². The molecule has 0 aromatic heterocycles. The van der Waals surface area contributed by atoms with E-state index >= 15 is 0 Å². The molecule has 0 bridgehead atoms. The molecule has 0 N–H and O–H groups in total. The molecule has 0 aliphatic carbocycles. The van der Waals surface area contributed by atoms with Gasteiger partial charge in [-0.1, -0.05) is 0 Å². The van der Waals surface area contributed by atoms with Gasteiger partial charge in [0.15, 0.2) is 0 Å². The van der Waals surface area contributed by atoms with Crippen LogP contribution in [0.2, 0.25) is 0 Å². The van der Waals surface area contributed by atoms with Gasteiger partial charge in [-0.2, -0.15) is 0 Å². The minimum atomic E-state index is -0.789. The van der Waals surface area contributed by atoms with Gasteiger partial charge in [-0.15, -0.1) is 0 Å². The van der Waals surface area contributed by atoms with Gasteiger partial charge in [-0.3, -0.25) is 0 Å². The van der Waals surface area contributed by atoms with Crippen molar-refractivity contribution < 1.29 is 34.4 Å². The summed E-state index contributed by atoms with van der Waals surface area (Å²) in [4.78, 5) is 9.00. The molecule has 5 heavy (non-hydrogen) atoms. The molecule has 0 saturated heterocycles. The zero-order valence-corrected chi connectivity index (χ0v) is 7.88. The zero-order chi connectivity index (χ0) is 4.28. The first-order valence-corrected chi connectivity index (χ1v) is 3.08. The molecule has 5 heteroatoms. The van der Waals surface area contributed by atoms with Crippen LogP contribution in [0.15, 0.2) is 0 Å². The molecule has 0 heterocycles. The monoisotopic (exact) mass is 264 g/mol. The maximum absolute atomic E-state index is 9.00. The van der Waals surface area contributed by atoms with Crippen LogP contribution in [0.3, 0.4) is 0 Å². The van der Waals surface area contributed by atoms with Crippen LogP contribution in [-0.4, -0.2) is 5.09 Å². The van der Waals surface area contributed by atoms with Gasteiger partial charge in [-0.25, -0.2) is 0 Å². The van der Waals surface area contributed by atoms with Crippen LogP contribution in [0.1, 0.15) is 0 Å². The summed E-state index contributed by atoms with van der Waals surface area (Å²) in [6.45, 7) is 0. The first-order valence-electron chi connectivity index (χ1n) is 0.836. The Morgan fingerprint density at radius 1 is 2.00 bits per heavy atom. The summed E-state index contributed by atoms with van der Waals surface area (Å²) < 4.78 is 3.67. The predicted molar refractivity (Wildman–Crippen MR) is 8.08 cm³/mol. The Labute approximate surface area is 44.9 Å². The molecule has 25 valence electrons. The number of hydrogen-bond donors (Lipinski definition) is 0. The van der Waals surface area contributed by atoms with Crippen molar-refractivity contribution in [3.8, 4) is 0 Å². The van der Waals surface area contributed by atoms with E-state index in [0.29, 0.717) is 0 Å². The van der Waals surface area contributed by atoms with Crippen LogP contribution in [0.5, 0.6) is 0 Å². The summed E-state index contributed by atoms with van der Waals surface area (Å²) in [5.41, 5.74) is 0. The van der Waals surface area contributed by atoms with Gasteiger partial charge in [0, 0.05) is 0 Å². The van der Waals surface area contributed by atoms with E-state index in [-0.39, 0.29) is 26.6 Å². The Bertz CT molecular complexity index is 42.2. The number of nitrogens with zero attached hydrogens (tertiary/aromatic N) is 1. The molecule has 0 aliphatic heterocycles. The van der Waals surface area contributed by atoms with Gasteiger partial charge in [0.2, 0.25) is 0 Å². The Morgan fingerprint density at radius 3 is 2.20 bits per heavy atom. The normalized spacial score (nSPS) is 6.80. The van der Waals surface area contributed by atoms with Gasteiger partial charge in [0.05, 0.1) is 0 Å². The molecular weight excluding hydrogens is 263 g/mol. The SMILES string of the molecule is O=[N+]([O-])[O][Hg]. The summed E-state index contributed by atoms with van der Waals surface area (Å²) in [5.74, 6) is 0. The van der Waals surface area contributed by atoms with Crippen LogP contribution in [0.25, 0.3) is 0 Å². The second kappa shape index (κ2) is 2.38. The molecule has 0 rings (SSSR count). The first-order chi connectivity index (χ1) is 2.27. The van der Waals surface area contributed by atoms with E-state index in [1.165, 1.54) is 0 Å². The van der Waals surface area contributed by atoms with Crippen molar-refractivity contribution >= 4 is 0 Å². The second-order valence-electron chi connectivity index (χ2n) is 0.353. The number of hydrogen-bond acceptors (Lipinski definition) is 3. The topological polar surface area (TPSA) is 52.4 Å². The maximum atomic E-state index is 9.00. The summed E-state index contributed by atoms with van der Waals surface area (Å²) in [5, 5.41) is 8.21. The third-order valence-corrected chi connectivity index (χ3v) is 0.925. The molecule has 0 saturated carbocycles. The minimum absolute atomic E-state index is 0.156. The van der Waals surface area contributed by atoms with E-state index < -0.39 is 5.09 Å². The second-order valence-corrected chi connectivity index (χ2v) is 1.36. The standard InChI is InChI=1S/Hg.NO3/c;2-1(3)4/q+1;-1.